The second-order valence-electron chi connectivity index (χ2n) is 8.57. The molecular formula is C23H29N3O4S. The average Bonchev–Trinajstić information content (AvgIpc) is 3.44. The molecule has 4 rings (SSSR count). The van der Waals surface area contributed by atoms with E-state index in [1.165, 1.54) is 16.9 Å². The van der Waals surface area contributed by atoms with Gasteiger partial charge >= 0.3 is 5.97 Å². The van der Waals surface area contributed by atoms with Crippen LogP contribution in [-0.4, -0.2) is 39.9 Å². The van der Waals surface area contributed by atoms with Crippen molar-refractivity contribution in [2.75, 3.05) is 11.9 Å². The van der Waals surface area contributed by atoms with Gasteiger partial charge in [-0.05, 0) is 74.5 Å². The molecule has 1 aliphatic carbocycles. The second-order valence-corrected chi connectivity index (χ2v) is 9.63. The highest BCUT2D eigenvalue weighted by Gasteiger charge is 2.24. The van der Waals surface area contributed by atoms with E-state index >= 15 is 0 Å². The van der Waals surface area contributed by atoms with Crippen LogP contribution < -0.4 is 5.32 Å². The van der Waals surface area contributed by atoms with Crippen molar-refractivity contribution in [1.82, 2.24) is 10.2 Å². The number of nitrogens with one attached hydrogen (secondary N) is 1. The number of aromatic nitrogens is 2. The van der Waals surface area contributed by atoms with Crippen molar-refractivity contribution < 1.29 is 19.4 Å². The molecule has 1 amide bonds. The lowest BCUT2D eigenvalue weighted by molar-refractivity contribution is -0.138. The van der Waals surface area contributed by atoms with Crippen LogP contribution in [0.4, 0.5) is 5.13 Å². The van der Waals surface area contributed by atoms with Gasteiger partial charge in [-0.25, -0.2) is 0 Å². The molecule has 2 fully saturated rings. The lowest BCUT2D eigenvalue weighted by Gasteiger charge is -2.28. The third kappa shape index (κ3) is 6.11. The normalized spacial score (nSPS) is 23.5. The zero-order chi connectivity index (χ0) is 21.6. The number of rotatable bonds is 8. The van der Waals surface area contributed by atoms with Gasteiger partial charge in [0.25, 0.3) is 5.91 Å². The number of carbonyl (C=O) groups is 2. The third-order valence-electron chi connectivity index (χ3n) is 6.35. The smallest absolute Gasteiger partial charge is 0.303 e. The van der Waals surface area contributed by atoms with Crippen LogP contribution in [-0.2, 0) is 16.0 Å². The van der Waals surface area contributed by atoms with Gasteiger partial charge in [-0.15, -0.1) is 10.2 Å². The lowest BCUT2D eigenvalue weighted by Crippen LogP contribution is -2.16. The molecule has 166 valence electrons. The average molecular weight is 444 g/mol. The Bertz CT molecular complexity index is 884. The minimum Gasteiger partial charge on any atom is -0.481 e. The van der Waals surface area contributed by atoms with Crippen LogP contribution in [0.3, 0.4) is 0 Å². The number of aliphatic carboxylic acids is 1. The van der Waals surface area contributed by atoms with Crippen LogP contribution in [0.1, 0.15) is 78.2 Å². The van der Waals surface area contributed by atoms with E-state index in [-0.39, 0.29) is 12.3 Å². The molecular weight excluding hydrogens is 414 g/mol. The number of carbonyl (C=O) groups excluding carboxylic acids is 1. The topological polar surface area (TPSA) is 101 Å². The number of carboxylic acids is 1. The predicted octanol–water partition coefficient (Wildman–Crippen LogP) is 4.65. The summed E-state index contributed by atoms with van der Waals surface area (Å²) in [4.78, 5) is 23.5. The summed E-state index contributed by atoms with van der Waals surface area (Å²) in [5.74, 6) is -0.152. The van der Waals surface area contributed by atoms with Gasteiger partial charge < -0.3 is 9.84 Å². The van der Waals surface area contributed by atoms with Crippen molar-refractivity contribution >= 4 is 28.3 Å². The number of hydrogen-bond acceptors (Lipinski definition) is 6. The molecule has 1 aromatic carbocycles. The van der Waals surface area contributed by atoms with Gasteiger partial charge in [-0.2, -0.15) is 0 Å². The van der Waals surface area contributed by atoms with Crippen molar-refractivity contribution in [2.24, 2.45) is 5.92 Å². The fourth-order valence-corrected chi connectivity index (χ4v) is 5.33. The van der Waals surface area contributed by atoms with Gasteiger partial charge in [0.15, 0.2) is 0 Å². The van der Waals surface area contributed by atoms with Crippen molar-refractivity contribution in [1.29, 1.82) is 0 Å². The summed E-state index contributed by atoms with van der Waals surface area (Å²) < 4.78 is 5.64. The first kappa shape index (κ1) is 21.9. The number of carboxylic acid groups (broad SMARTS) is 1. The van der Waals surface area contributed by atoms with Gasteiger partial charge in [0.05, 0.1) is 6.10 Å². The molecule has 1 aliphatic heterocycles. The summed E-state index contributed by atoms with van der Waals surface area (Å²) in [6.07, 6.45) is 8.52. The highest BCUT2D eigenvalue weighted by molar-refractivity contribution is 7.15. The number of nitrogens with zero attached hydrogens (tertiary/aromatic N) is 2. The number of hydrogen-bond donors (Lipinski definition) is 2. The third-order valence-corrected chi connectivity index (χ3v) is 7.24. The molecule has 31 heavy (non-hydrogen) atoms. The van der Waals surface area contributed by atoms with Gasteiger partial charge in [0, 0.05) is 25.0 Å². The highest BCUT2D eigenvalue weighted by atomic mass is 32.1. The van der Waals surface area contributed by atoms with E-state index in [1.54, 1.807) is 0 Å². The molecule has 0 spiro atoms. The summed E-state index contributed by atoms with van der Waals surface area (Å²) in [5.41, 5.74) is 1.82. The van der Waals surface area contributed by atoms with Crippen LogP contribution in [0.25, 0.3) is 0 Å². The number of aryl methyl sites for hydroxylation is 1. The van der Waals surface area contributed by atoms with Crippen LogP contribution in [0.2, 0.25) is 0 Å². The van der Waals surface area contributed by atoms with E-state index in [1.807, 2.05) is 24.3 Å². The van der Waals surface area contributed by atoms with Crippen LogP contribution in [0.15, 0.2) is 24.3 Å². The molecule has 2 N–H and O–H groups in total. The molecule has 2 aromatic rings. The predicted molar refractivity (Wildman–Crippen MR) is 119 cm³/mol. The number of ether oxygens (including phenoxy) is 1. The van der Waals surface area contributed by atoms with E-state index in [9.17, 15) is 9.59 Å². The number of anilines is 1. The maximum absolute atomic E-state index is 12.6. The van der Waals surface area contributed by atoms with Crippen LogP contribution in [0, 0.1) is 5.92 Å². The monoisotopic (exact) mass is 443 g/mol. The molecule has 1 unspecified atom stereocenters. The Morgan fingerprint density at radius 1 is 1.10 bits per heavy atom. The maximum Gasteiger partial charge on any atom is 0.303 e. The second kappa shape index (κ2) is 10.3. The minimum atomic E-state index is -0.704. The Hall–Kier alpha value is -2.32. The van der Waals surface area contributed by atoms with E-state index in [4.69, 9.17) is 9.84 Å². The quantitative estimate of drug-likeness (QED) is 0.616. The van der Waals surface area contributed by atoms with Crippen LogP contribution >= 0.6 is 11.3 Å². The summed E-state index contributed by atoms with van der Waals surface area (Å²) in [7, 11) is 0. The Balaban J connectivity index is 1.26. The number of benzene rings is 1. The first-order valence-corrected chi connectivity index (χ1v) is 12.0. The molecule has 0 bridgehead atoms. The van der Waals surface area contributed by atoms with Crippen molar-refractivity contribution in [3.63, 3.8) is 0 Å². The fourth-order valence-electron chi connectivity index (χ4n) is 4.58. The highest BCUT2D eigenvalue weighted by Crippen LogP contribution is 2.37. The summed E-state index contributed by atoms with van der Waals surface area (Å²) in [6, 6.07) is 7.75. The zero-order valence-electron chi connectivity index (χ0n) is 17.6. The molecule has 1 atom stereocenters. The van der Waals surface area contributed by atoms with Crippen LogP contribution in [0.5, 0.6) is 0 Å². The van der Waals surface area contributed by atoms with E-state index in [0.717, 1.165) is 63.0 Å². The fraction of sp³-hybridized carbons (Fsp3) is 0.565. The standard InChI is InChI=1S/C23H29N3O4S/c27-21(28)14-15-3-5-16(6-4-15)17-7-9-18(10-8-17)22(29)24-23-26-25-20(31-23)12-11-19-2-1-13-30-19/h7-10,15-16,19H,1-6,11-14H2,(H,27,28)(H,24,26,29)/t15-,16-,19?. The Morgan fingerprint density at radius 3 is 2.55 bits per heavy atom. The van der Waals surface area contributed by atoms with E-state index in [0.29, 0.717) is 28.6 Å². The molecule has 2 aliphatic rings. The molecule has 8 heteroatoms. The lowest BCUT2D eigenvalue weighted by atomic mass is 9.77. The first-order chi connectivity index (χ1) is 15.1. The summed E-state index contributed by atoms with van der Waals surface area (Å²) in [5, 5.41) is 21.5. The van der Waals surface area contributed by atoms with E-state index in [2.05, 4.69) is 15.5 Å². The molecule has 1 saturated heterocycles. The zero-order valence-corrected chi connectivity index (χ0v) is 18.4. The molecule has 0 radical (unpaired) electrons. The van der Waals surface area contributed by atoms with Crippen molar-refractivity contribution in [3.05, 3.63) is 40.4 Å². The largest absolute Gasteiger partial charge is 0.481 e. The Kier molecular flexibility index (Phi) is 7.29. The number of amides is 1. The Morgan fingerprint density at radius 2 is 1.87 bits per heavy atom. The molecule has 1 saturated carbocycles. The van der Waals surface area contributed by atoms with Gasteiger partial charge in [0.1, 0.15) is 5.01 Å². The minimum absolute atomic E-state index is 0.182. The molecule has 2 heterocycles. The molecule has 7 nitrogen and oxygen atoms in total. The summed E-state index contributed by atoms with van der Waals surface area (Å²) in [6.45, 7) is 0.854. The SMILES string of the molecule is O=C(O)C[C@H]1CC[C@H](c2ccc(C(=O)Nc3nnc(CCC4CCCO4)s3)cc2)CC1. The van der Waals surface area contributed by atoms with Gasteiger partial charge in [-0.3, -0.25) is 14.9 Å². The van der Waals surface area contributed by atoms with Crippen molar-refractivity contribution in [3.8, 4) is 0 Å². The maximum atomic E-state index is 12.6. The molecule has 1 aromatic heterocycles. The van der Waals surface area contributed by atoms with E-state index < -0.39 is 5.97 Å². The van der Waals surface area contributed by atoms with Gasteiger partial charge in [-0.1, -0.05) is 23.5 Å². The summed E-state index contributed by atoms with van der Waals surface area (Å²) >= 11 is 1.42. The Labute approximate surface area is 186 Å². The van der Waals surface area contributed by atoms with Gasteiger partial charge in [0.2, 0.25) is 5.13 Å². The van der Waals surface area contributed by atoms with Crippen molar-refractivity contribution in [2.45, 2.75) is 69.8 Å². The first-order valence-electron chi connectivity index (χ1n) is 11.1.